The maximum Gasteiger partial charge on any atom is 0.307 e. The van der Waals surface area contributed by atoms with Crippen molar-refractivity contribution in [2.45, 2.75) is 13.3 Å². The van der Waals surface area contributed by atoms with E-state index in [1.807, 2.05) is 37.3 Å². The minimum absolute atomic E-state index is 0.0399. The molecule has 0 atom stereocenters. The molecular weight excluding hydrogens is 342 g/mol. The fourth-order valence-electron chi connectivity index (χ4n) is 2.75. The number of benzene rings is 3. The van der Waals surface area contributed by atoms with E-state index >= 15 is 0 Å². The van der Waals surface area contributed by atoms with Gasteiger partial charge in [-0.2, -0.15) is 0 Å². The largest absolute Gasteiger partial charge is 0.487 e. The molecule has 0 aromatic heterocycles. The topological polar surface area (TPSA) is 68.1 Å². The molecule has 0 bridgehead atoms. The van der Waals surface area contributed by atoms with Crippen LogP contribution in [-0.4, -0.2) is 30.0 Å². The van der Waals surface area contributed by atoms with E-state index in [9.17, 15) is 4.79 Å². The van der Waals surface area contributed by atoms with Crippen molar-refractivity contribution in [3.05, 3.63) is 77.9 Å². The first kappa shape index (κ1) is 18.5. The summed E-state index contributed by atoms with van der Waals surface area (Å²) < 4.78 is 5.85. The summed E-state index contributed by atoms with van der Waals surface area (Å²) in [6.07, 6.45) is -0.0399. The summed E-state index contributed by atoms with van der Waals surface area (Å²) in [4.78, 5) is 16.1. The minimum atomic E-state index is -0.873. The summed E-state index contributed by atoms with van der Waals surface area (Å²) >= 11 is 0. The number of carbonyl (C=O) groups is 1. The third-order valence-electron chi connectivity index (χ3n) is 4.02. The molecule has 0 saturated carbocycles. The lowest BCUT2D eigenvalue weighted by Gasteiger charge is -2.11. The van der Waals surface area contributed by atoms with Crippen LogP contribution >= 0.6 is 0 Å². The second-order valence-corrected chi connectivity index (χ2v) is 6.02. The molecule has 0 heterocycles. The van der Waals surface area contributed by atoms with Crippen molar-refractivity contribution < 1.29 is 19.5 Å². The Labute approximate surface area is 157 Å². The number of carboxylic acids is 1. The van der Waals surface area contributed by atoms with Crippen LogP contribution in [0.3, 0.4) is 0 Å². The number of hydrogen-bond donors (Lipinski definition) is 1. The highest BCUT2D eigenvalue weighted by molar-refractivity contribution is 6.04. The van der Waals surface area contributed by atoms with Gasteiger partial charge in [0.1, 0.15) is 24.7 Å². The van der Waals surface area contributed by atoms with Gasteiger partial charge in [0.25, 0.3) is 0 Å². The Balaban J connectivity index is 1.80. The minimum Gasteiger partial charge on any atom is -0.487 e. The number of hydrogen-bond acceptors (Lipinski definition) is 4. The molecule has 1 N–H and O–H groups in total. The molecule has 3 aromatic rings. The number of rotatable bonds is 8. The van der Waals surface area contributed by atoms with Gasteiger partial charge < -0.3 is 14.7 Å². The number of ether oxygens (including phenoxy) is 1. The van der Waals surface area contributed by atoms with Crippen molar-refractivity contribution in [1.82, 2.24) is 0 Å². The number of oxime groups is 1. The van der Waals surface area contributed by atoms with E-state index in [1.54, 1.807) is 24.3 Å². The van der Waals surface area contributed by atoms with Crippen molar-refractivity contribution in [1.29, 1.82) is 0 Å². The Morgan fingerprint density at radius 3 is 2.59 bits per heavy atom. The van der Waals surface area contributed by atoms with Gasteiger partial charge in [-0.05, 0) is 41.5 Å². The molecule has 138 valence electrons. The number of nitrogens with zero attached hydrogens (tertiary/aromatic N) is 1. The highest BCUT2D eigenvalue weighted by Crippen LogP contribution is 2.18. The Bertz CT molecular complexity index is 965. The molecule has 0 aliphatic carbocycles. The van der Waals surface area contributed by atoms with E-state index in [2.05, 4.69) is 17.3 Å². The van der Waals surface area contributed by atoms with Gasteiger partial charge in [0.05, 0.1) is 6.42 Å². The average Bonchev–Trinajstić information content (AvgIpc) is 2.67. The van der Waals surface area contributed by atoms with Crippen molar-refractivity contribution in [2.24, 2.45) is 5.16 Å². The van der Waals surface area contributed by atoms with Gasteiger partial charge in [0.15, 0.2) is 0 Å². The monoisotopic (exact) mass is 363 g/mol. The van der Waals surface area contributed by atoms with Crippen molar-refractivity contribution in [2.75, 3.05) is 13.2 Å². The number of carboxylic acid groups (broad SMARTS) is 1. The van der Waals surface area contributed by atoms with Crippen molar-refractivity contribution in [3.63, 3.8) is 0 Å². The fraction of sp³-hybridized carbons (Fsp3) is 0.182. The SMILES string of the molecule is CCO/N=C(\COc1cccc(CC(=O)O)c1)c1ccc2ccccc2c1. The van der Waals surface area contributed by atoms with Crippen LogP contribution in [0, 0.1) is 0 Å². The zero-order valence-corrected chi connectivity index (χ0v) is 15.1. The molecule has 0 amide bonds. The van der Waals surface area contributed by atoms with Gasteiger partial charge in [-0.25, -0.2) is 0 Å². The lowest BCUT2D eigenvalue weighted by molar-refractivity contribution is -0.136. The fourth-order valence-corrected chi connectivity index (χ4v) is 2.75. The second kappa shape index (κ2) is 8.85. The van der Waals surface area contributed by atoms with Crippen molar-refractivity contribution >= 4 is 22.5 Å². The highest BCUT2D eigenvalue weighted by Gasteiger charge is 2.09. The third-order valence-corrected chi connectivity index (χ3v) is 4.02. The third kappa shape index (κ3) is 5.07. The van der Waals surface area contributed by atoms with Crippen LogP contribution in [0.2, 0.25) is 0 Å². The van der Waals surface area contributed by atoms with Gasteiger partial charge in [0.2, 0.25) is 0 Å². The molecule has 3 aromatic carbocycles. The maximum absolute atomic E-state index is 10.9. The molecule has 0 aliphatic rings. The van der Waals surface area contributed by atoms with Crippen LogP contribution in [0.5, 0.6) is 5.75 Å². The first-order valence-electron chi connectivity index (χ1n) is 8.77. The predicted molar refractivity (Wildman–Crippen MR) is 105 cm³/mol. The summed E-state index contributed by atoms with van der Waals surface area (Å²) in [5.41, 5.74) is 2.28. The van der Waals surface area contributed by atoms with Crippen LogP contribution in [0.4, 0.5) is 0 Å². The molecule has 0 radical (unpaired) electrons. The summed E-state index contributed by atoms with van der Waals surface area (Å²) in [7, 11) is 0. The van der Waals surface area contributed by atoms with Crippen LogP contribution in [0.25, 0.3) is 10.8 Å². The first-order chi connectivity index (χ1) is 13.2. The Kier molecular flexibility index (Phi) is 6.05. The summed E-state index contributed by atoms with van der Waals surface area (Å²) in [6, 6.07) is 21.3. The molecule has 0 fully saturated rings. The Morgan fingerprint density at radius 2 is 1.81 bits per heavy atom. The van der Waals surface area contributed by atoms with E-state index in [4.69, 9.17) is 14.7 Å². The quantitative estimate of drug-likeness (QED) is 0.479. The van der Waals surface area contributed by atoms with Gasteiger partial charge in [-0.15, -0.1) is 0 Å². The smallest absolute Gasteiger partial charge is 0.307 e. The number of aliphatic carboxylic acids is 1. The summed E-state index contributed by atoms with van der Waals surface area (Å²) in [5.74, 6) is -0.277. The van der Waals surface area contributed by atoms with Gasteiger partial charge in [-0.3, -0.25) is 4.79 Å². The summed E-state index contributed by atoms with van der Waals surface area (Å²) in [6.45, 7) is 2.55. The predicted octanol–water partition coefficient (Wildman–Crippen LogP) is 4.29. The lowest BCUT2D eigenvalue weighted by Crippen LogP contribution is -2.14. The van der Waals surface area contributed by atoms with Gasteiger partial charge >= 0.3 is 5.97 Å². The molecule has 5 heteroatoms. The van der Waals surface area contributed by atoms with Gasteiger partial charge in [-0.1, -0.05) is 53.7 Å². The van der Waals surface area contributed by atoms with Crippen LogP contribution in [0.1, 0.15) is 18.1 Å². The maximum atomic E-state index is 10.9. The Hall–Kier alpha value is -3.34. The molecule has 27 heavy (non-hydrogen) atoms. The van der Waals surface area contributed by atoms with Gasteiger partial charge in [0, 0.05) is 5.56 Å². The second-order valence-electron chi connectivity index (χ2n) is 6.02. The highest BCUT2D eigenvalue weighted by atomic mass is 16.6. The molecule has 0 saturated heterocycles. The standard InChI is InChI=1S/C22H21NO4/c1-2-27-23-21(19-11-10-17-7-3-4-8-18(17)14-19)15-26-20-9-5-6-16(12-20)13-22(24)25/h3-12,14H,2,13,15H2,1H3,(H,24,25)/b23-21+. The lowest BCUT2D eigenvalue weighted by atomic mass is 10.0. The zero-order chi connectivity index (χ0) is 19.1. The van der Waals surface area contributed by atoms with E-state index in [-0.39, 0.29) is 13.0 Å². The zero-order valence-electron chi connectivity index (χ0n) is 15.1. The molecule has 0 aliphatic heterocycles. The number of fused-ring (bicyclic) bond motifs is 1. The summed E-state index contributed by atoms with van der Waals surface area (Å²) in [5, 5.41) is 15.4. The van der Waals surface area contributed by atoms with Crippen LogP contribution in [-0.2, 0) is 16.1 Å². The van der Waals surface area contributed by atoms with Crippen molar-refractivity contribution in [3.8, 4) is 5.75 Å². The molecule has 3 rings (SSSR count). The normalized spacial score (nSPS) is 11.4. The van der Waals surface area contributed by atoms with E-state index in [0.29, 0.717) is 23.6 Å². The molecular formula is C22H21NO4. The van der Waals surface area contributed by atoms with E-state index in [1.165, 1.54) is 0 Å². The van der Waals surface area contributed by atoms with Crippen LogP contribution in [0.15, 0.2) is 71.9 Å². The van der Waals surface area contributed by atoms with E-state index < -0.39 is 5.97 Å². The van der Waals surface area contributed by atoms with Crippen LogP contribution < -0.4 is 4.74 Å². The first-order valence-corrected chi connectivity index (χ1v) is 8.77. The van der Waals surface area contributed by atoms with E-state index in [0.717, 1.165) is 16.3 Å². The average molecular weight is 363 g/mol. The molecule has 0 unspecified atom stereocenters. The molecule has 5 nitrogen and oxygen atoms in total. The Morgan fingerprint density at radius 1 is 1.00 bits per heavy atom. The molecule has 0 spiro atoms.